The summed E-state index contributed by atoms with van der Waals surface area (Å²) < 4.78 is 0. The first-order valence-corrected chi connectivity index (χ1v) is 7.69. The molecule has 0 saturated heterocycles. The predicted octanol–water partition coefficient (Wildman–Crippen LogP) is 3.47. The summed E-state index contributed by atoms with van der Waals surface area (Å²) in [5, 5.41) is 14.3. The Bertz CT molecular complexity index is 760. The summed E-state index contributed by atoms with van der Waals surface area (Å²) in [4.78, 5) is 16.8. The zero-order valence-corrected chi connectivity index (χ0v) is 14.3. The molecule has 0 fully saturated rings. The third kappa shape index (κ3) is 4.85. The minimum Gasteiger partial charge on any atom is -0.380 e. The molecule has 0 unspecified atom stereocenters. The van der Waals surface area contributed by atoms with Crippen molar-refractivity contribution in [2.45, 2.75) is 6.54 Å². The van der Waals surface area contributed by atoms with Crippen molar-refractivity contribution in [3.05, 3.63) is 69.8 Å². The molecule has 1 N–H and O–H groups in total. The molecule has 2 rings (SSSR count). The molecule has 0 aromatic heterocycles. The van der Waals surface area contributed by atoms with Crippen LogP contribution in [0.25, 0.3) is 0 Å². The lowest BCUT2D eigenvalue weighted by molar-refractivity contribution is -0.384. The van der Waals surface area contributed by atoms with E-state index in [0.717, 1.165) is 5.56 Å². The van der Waals surface area contributed by atoms with Crippen LogP contribution in [-0.4, -0.2) is 35.2 Å². The summed E-state index contributed by atoms with van der Waals surface area (Å²) in [5.41, 5.74) is 2.33. The van der Waals surface area contributed by atoms with Gasteiger partial charge in [0.25, 0.3) is 5.69 Å². The van der Waals surface area contributed by atoms with Crippen molar-refractivity contribution in [3.8, 4) is 0 Å². The van der Waals surface area contributed by atoms with Gasteiger partial charge < -0.3 is 10.2 Å². The number of rotatable bonds is 6. The van der Waals surface area contributed by atoms with Gasteiger partial charge in [0.05, 0.1) is 11.3 Å². The molecule has 124 valence electrons. The van der Waals surface area contributed by atoms with Gasteiger partial charge in [-0.15, -0.1) is 0 Å². The van der Waals surface area contributed by atoms with Gasteiger partial charge in [-0.1, -0.05) is 42.5 Å². The zero-order valence-electron chi connectivity index (χ0n) is 13.5. The van der Waals surface area contributed by atoms with Crippen LogP contribution in [0.4, 0.5) is 11.4 Å². The van der Waals surface area contributed by atoms with E-state index in [1.54, 1.807) is 17.3 Å². The van der Waals surface area contributed by atoms with Crippen LogP contribution in [0, 0.1) is 10.1 Å². The van der Waals surface area contributed by atoms with Gasteiger partial charge in [-0.05, 0) is 11.6 Å². The Balaban J connectivity index is 2.28. The van der Waals surface area contributed by atoms with Crippen molar-refractivity contribution in [1.29, 1.82) is 0 Å². The molecule has 2 aromatic rings. The first kappa shape index (κ1) is 17.6. The monoisotopic (exact) mass is 342 g/mol. The van der Waals surface area contributed by atoms with E-state index in [2.05, 4.69) is 10.3 Å². The number of non-ortho nitro benzene ring substituents is 1. The van der Waals surface area contributed by atoms with Crippen LogP contribution in [0.15, 0.2) is 53.5 Å². The molecule has 24 heavy (non-hydrogen) atoms. The molecule has 0 bridgehead atoms. The van der Waals surface area contributed by atoms with Gasteiger partial charge in [-0.2, -0.15) is 0 Å². The number of benzene rings is 2. The van der Waals surface area contributed by atoms with Gasteiger partial charge in [0.15, 0.2) is 0 Å². The number of thiocarbonyl (C=S) groups is 1. The summed E-state index contributed by atoms with van der Waals surface area (Å²) in [6.45, 7) is 0.589. The normalized spacial score (nSPS) is 10.6. The Morgan fingerprint density at radius 3 is 2.62 bits per heavy atom. The van der Waals surface area contributed by atoms with Crippen molar-refractivity contribution in [2.24, 2.45) is 4.99 Å². The summed E-state index contributed by atoms with van der Waals surface area (Å²) in [7, 11) is 3.66. The van der Waals surface area contributed by atoms with E-state index in [-0.39, 0.29) is 5.69 Å². The van der Waals surface area contributed by atoms with E-state index in [1.165, 1.54) is 12.1 Å². The van der Waals surface area contributed by atoms with Gasteiger partial charge >= 0.3 is 0 Å². The molecule has 6 nitrogen and oxygen atoms in total. The highest BCUT2D eigenvalue weighted by atomic mass is 32.1. The van der Waals surface area contributed by atoms with Crippen LogP contribution in [0.3, 0.4) is 0 Å². The fourth-order valence-corrected chi connectivity index (χ4v) is 2.22. The molecule has 0 heterocycles. The SMILES string of the molecule is CN(C)C=NC(=S)c1cc([N+](=O)[O-])ccc1NCc1ccccc1. The summed E-state index contributed by atoms with van der Waals surface area (Å²) >= 11 is 5.32. The van der Waals surface area contributed by atoms with Crippen LogP contribution in [-0.2, 0) is 6.54 Å². The van der Waals surface area contributed by atoms with Gasteiger partial charge in [0.1, 0.15) is 4.99 Å². The molecule has 0 aliphatic heterocycles. The standard InChI is InChI=1S/C17H18N4O2S/c1-20(2)12-19-17(24)15-10-14(21(22)23)8-9-16(15)18-11-13-6-4-3-5-7-13/h3-10,12,18H,11H2,1-2H3. The van der Waals surface area contributed by atoms with E-state index >= 15 is 0 Å². The highest BCUT2D eigenvalue weighted by molar-refractivity contribution is 7.80. The van der Waals surface area contributed by atoms with Gasteiger partial charge in [0.2, 0.25) is 0 Å². The Morgan fingerprint density at radius 1 is 1.29 bits per heavy atom. The van der Waals surface area contributed by atoms with Crippen molar-refractivity contribution >= 4 is 34.9 Å². The number of hydrogen-bond acceptors (Lipinski definition) is 4. The topological polar surface area (TPSA) is 70.8 Å². The van der Waals surface area contributed by atoms with Crippen LogP contribution < -0.4 is 5.32 Å². The molecule has 0 atom stereocenters. The Hall–Kier alpha value is -2.80. The lowest BCUT2D eigenvalue weighted by Crippen LogP contribution is -2.11. The third-order valence-corrected chi connectivity index (χ3v) is 3.50. The molecule has 0 aliphatic rings. The number of nitro groups is 1. The van der Waals surface area contributed by atoms with Crippen molar-refractivity contribution in [3.63, 3.8) is 0 Å². The zero-order chi connectivity index (χ0) is 17.5. The number of nitrogens with one attached hydrogen (secondary N) is 1. The van der Waals surface area contributed by atoms with E-state index in [1.807, 2.05) is 44.4 Å². The average molecular weight is 342 g/mol. The first-order valence-electron chi connectivity index (χ1n) is 7.28. The number of nitro benzene ring substituents is 1. The molecule has 0 saturated carbocycles. The van der Waals surface area contributed by atoms with E-state index in [0.29, 0.717) is 22.8 Å². The molecule has 0 aliphatic carbocycles. The van der Waals surface area contributed by atoms with E-state index < -0.39 is 4.92 Å². The lowest BCUT2D eigenvalue weighted by atomic mass is 10.1. The lowest BCUT2D eigenvalue weighted by Gasteiger charge is -2.12. The van der Waals surface area contributed by atoms with E-state index in [4.69, 9.17) is 12.2 Å². The second kappa shape index (κ2) is 8.16. The largest absolute Gasteiger partial charge is 0.380 e. The predicted molar refractivity (Wildman–Crippen MR) is 101 cm³/mol. The Morgan fingerprint density at radius 2 is 2.00 bits per heavy atom. The van der Waals surface area contributed by atoms with Crippen LogP contribution in [0.2, 0.25) is 0 Å². The molecular formula is C17H18N4O2S. The smallest absolute Gasteiger partial charge is 0.270 e. The van der Waals surface area contributed by atoms with Crippen LogP contribution >= 0.6 is 12.2 Å². The number of anilines is 1. The maximum absolute atomic E-state index is 11.0. The first-order chi connectivity index (χ1) is 11.5. The molecule has 0 spiro atoms. The second-order valence-corrected chi connectivity index (χ2v) is 5.73. The fraction of sp³-hybridized carbons (Fsp3) is 0.176. The Kier molecular flexibility index (Phi) is 5.97. The highest BCUT2D eigenvalue weighted by Crippen LogP contribution is 2.24. The summed E-state index contributed by atoms with van der Waals surface area (Å²) in [5.74, 6) is 0. The maximum Gasteiger partial charge on any atom is 0.270 e. The average Bonchev–Trinajstić information content (AvgIpc) is 2.58. The van der Waals surface area contributed by atoms with Crippen molar-refractivity contribution in [1.82, 2.24) is 4.90 Å². The van der Waals surface area contributed by atoms with Gasteiger partial charge in [-0.25, -0.2) is 4.99 Å². The third-order valence-electron chi connectivity index (χ3n) is 3.18. The number of nitrogens with zero attached hydrogens (tertiary/aromatic N) is 3. The van der Waals surface area contributed by atoms with Crippen molar-refractivity contribution in [2.75, 3.05) is 19.4 Å². The summed E-state index contributed by atoms with van der Waals surface area (Å²) in [6, 6.07) is 14.4. The molecule has 0 radical (unpaired) electrons. The highest BCUT2D eigenvalue weighted by Gasteiger charge is 2.14. The molecule has 7 heteroatoms. The minimum atomic E-state index is -0.442. The van der Waals surface area contributed by atoms with Crippen LogP contribution in [0.5, 0.6) is 0 Å². The van der Waals surface area contributed by atoms with Crippen LogP contribution in [0.1, 0.15) is 11.1 Å². The minimum absolute atomic E-state index is 0.0161. The quantitative estimate of drug-likeness (QED) is 0.286. The second-order valence-electron chi connectivity index (χ2n) is 5.34. The van der Waals surface area contributed by atoms with E-state index in [9.17, 15) is 10.1 Å². The molecule has 2 aromatic carbocycles. The Labute approximate surface area is 146 Å². The molecular weight excluding hydrogens is 324 g/mol. The van der Waals surface area contributed by atoms with Gasteiger partial charge in [0, 0.05) is 44.0 Å². The number of hydrogen-bond donors (Lipinski definition) is 1. The number of aliphatic imine (C=N–C) groups is 1. The van der Waals surface area contributed by atoms with Crippen molar-refractivity contribution < 1.29 is 4.92 Å². The maximum atomic E-state index is 11.0. The molecule has 0 amide bonds. The van der Waals surface area contributed by atoms with Gasteiger partial charge in [-0.3, -0.25) is 10.1 Å². The summed E-state index contributed by atoms with van der Waals surface area (Å²) in [6.07, 6.45) is 1.57. The fourth-order valence-electron chi connectivity index (χ4n) is 2.01.